The molecule has 3 aromatic rings. The molecule has 2 aromatic carbocycles. The molecule has 0 bridgehead atoms. The van der Waals surface area contributed by atoms with E-state index in [2.05, 4.69) is 66.3 Å². The zero-order chi connectivity index (χ0) is 21.3. The highest BCUT2D eigenvalue weighted by atomic mass is 16.2. The summed E-state index contributed by atoms with van der Waals surface area (Å²) >= 11 is 0. The van der Waals surface area contributed by atoms with E-state index in [0.29, 0.717) is 6.54 Å². The molecule has 1 aromatic heterocycles. The second-order valence-electron chi connectivity index (χ2n) is 7.98. The van der Waals surface area contributed by atoms with Crippen LogP contribution in [0.15, 0.2) is 66.9 Å². The number of nitrogens with zero attached hydrogens (tertiary/aromatic N) is 2. The lowest BCUT2D eigenvalue weighted by Crippen LogP contribution is -2.36. The summed E-state index contributed by atoms with van der Waals surface area (Å²) in [5, 5.41) is 3.06. The number of hydrogen-bond donors (Lipinski definition) is 1. The molecule has 4 heteroatoms. The van der Waals surface area contributed by atoms with Crippen molar-refractivity contribution in [3.8, 4) is 0 Å². The lowest BCUT2D eigenvalue weighted by molar-refractivity contribution is 0.206. The Morgan fingerprint density at radius 1 is 0.967 bits per heavy atom. The molecule has 0 unspecified atom stereocenters. The van der Waals surface area contributed by atoms with E-state index in [0.717, 1.165) is 43.7 Å². The van der Waals surface area contributed by atoms with Gasteiger partial charge in [-0.15, -0.1) is 0 Å². The smallest absolute Gasteiger partial charge is 0.322 e. The topological polar surface area (TPSA) is 37.3 Å². The van der Waals surface area contributed by atoms with Gasteiger partial charge in [0.15, 0.2) is 0 Å². The van der Waals surface area contributed by atoms with E-state index < -0.39 is 0 Å². The summed E-state index contributed by atoms with van der Waals surface area (Å²) in [6.07, 6.45) is 5.37. The second-order valence-corrected chi connectivity index (χ2v) is 7.98. The lowest BCUT2D eigenvalue weighted by atomic mass is 10.1. The van der Waals surface area contributed by atoms with Gasteiger partial charge in [-0.25, -0.2) is 4.79 Å². The number of urea groups is 1. The summed E-state index contributed by atoms with van der Waals surface area (Å²) in [6, 6.07) is 20.6. The van der Waals surface area contributed by atoms with Crippen molar-refractivity contribution >= 4 is 11.7 Å². The van der Waals surface area contributed by atoms with Gasteiger partial charge >= 0.3 is 6.03 Å². The Hall–Kier alpha value is -3.01. The first-order valence-electron chi connectivity index (χ1n) is 10.9. The Morgan fingerprint density at radius 2 is 1.73 bits per heavy atom. The molecule has 1 heterocycles. The molecular weight excluding hydrogens is 370 g/mol. The van der Waals surface area contributed by atoms with Crippen LogP contribution in [-0.4, -0.2) is 22.0 Å². The van der Waals surface area contributed by atoms with Crippen LogP contribution in [0.25, 0.3) is 0 Å². The number of aromatic nitrogens is 1. The molecule has 4 nitrogen and oxygen atoms in total. The van der Waals surface area contributed by atoms with E-state index in [4.69, 9.17) is 0 Å². The first-order chi connectivity index (χ1) is 14.6. The van der Waals surface area contributed by atoms with E-state index >= 15 is 0 Å². The van der Waals surface area contributed by atoms with Gasteiger partial charge < -0.3 is 14.8 Å². The highest BCUT2D eigenvalue weighted by molar-refractivity contribution is 5.89. The number of hydrogen-bond acceptors (Lipinski definition) is 1. The summed E-state index contributed by atoms with van der Waals surface area (Å²) < 4.78 is 2.24. The highest BCUT2D eigenvalue weighted by Gasteiger charge is 2.16. The van der Waals surface area contributed by atoms with Gasteiger partial charge in [0.1, 0.15) is 0 Å². The van der Waals surface area contributed by atoms with E-state index in [-0.39, 0.29) is 6.03 Å². The molecule has 0 radical (unpaired) electrons. The largest absolute Gasteiger partial charge is 0.345 e. The number of aryl methyl sites for hydroxylation is 2. The molecule has 0 saturated carbocycles. The van der Waals surface area contributed by atoms with Gasteiger partial charge in [0.2, 0.25) is 0 Å². The zero-order valence-corrected chi connectivity index (χ0v) is 18.4. The minimum absolute atomic E-state index is 0.0430. The SMILES string of the molecule is CCCCCN(Cc1cccn1Cc1ccccc1C)C(=O)Nc1ccc(C)cc1. The zero-order valence-electron chi connectivity index (χ0n) is 18.4. The maximum absolute atomic E-state index is 13.0. The van der Waals surface area contributed by atoms with E-state index in [9.17, 15) is 4.79 Å². The van der Waals surface area contributed by atoms with Crippen LogP contribution in [0.5, 0.6) is 0 Å². The standard InChI is InChI=1S/C26H33N3O/c1-4-5-8-17-29(26(30)27-24-15-13-21(2)14-16-24)20-25-12-9-18-28(25)19-23-11-7-6-10-22(23)3/h6-7,9-16,18H,4-5,8,17,19-20H2,1-3H3,(H,27,30). The van der Waals surface area contributed by atoms with Crippen LogP contribution in [0.2, 0.25) is 0 Å². The molecule has 1 N–H and O–H groups in total. The van der Waals surface area contributed by atoms with E-state index in [1.807, 2.05) is 36.1 Å². The van der Waals surface area contributed by atoms with Crippen LogP contribution in [-0.2, 0) is 13.1 Å². The van der Waals surface area contributed by atoms with Gasteiger partial charge in [-0.3, -0.25) is 0 Å². The summed E-state index contributed by atoms with van der Waals surface area (Å²) in [6.45, 7) is 8.54. The average Bonchev–Trinajstić information content (AvgIpc) is 3.17. The van der Waals surface area contributed by atoms with Crippen molar-refractivity contribution in [2.24, 2.45) is 0 Å². The lowest BCUT2D eigenvalue weighted by Gasteiger charge is -2.24. The Labute approximate surface area is 180 Å². The van der Waals surface area contributed by atoms with Crippen molar-refractivity contribution in [2.75, 3.05) is 11.9 Å². The molecule has 0 spiro atoms. The Balaban J connectivity index is 1.73. The minimum Gasteiger partial charge on any atom is -0.345 e. The molecule has 0 aliphatic carbocycles. The summed E-state index contributed by atoms with van der Waals surface area (Å²) in [5.41, 5.74) is 5.75. The van der Waals surface area contributed by atoms with Crippen molar-refractivity contribution < 1.29 is 4.79 Å². The third-order valence-electron chi connectivity index (χ3n) is 5.50. The number of anilines is 1. The van der Waals surface area contributed by atoms with Crippen LogP contribution in [0.4, 0.5) is 10.5 Å². The summed E-state index contributed by atoms with van der Waals surface area (Å²) in [7, 11) is 0. The van der Waals surface area contributed by atoms with Crippen LogP contribution < -0.4 is 5.32 Å². The fraction of sp³-hybridized carbons (Fsp3) is 0.346. The third-order valence-corrected chi connectivity index (χ3v) is 5.50. The molecular formula is C26H33N3O. The first kappa shape index (κ1) is 21.7. The Bertz CT molecular complexity index is 943. The van der Waals surface area contributed by atoms with Crippen molar-refractivity contribution in [1.29, 1.82) is 0 Å². The molecule has 0 fully saturated rings. The van der Waals surface area contributed by atoms with E-state index in [1.165, 1.54) is 16.7 Å². The monoisotopic (exact) mass is 403 g/mol. The maximum atomic E-state index is 13.0. The van der Waals surface area contributed by atoms with Gasteiger partial charge in [-0.05, 0) is 55.7 Å². The molecule has 30 heavy (non-hydrogen) atoms. The predicted molar refractivity (Wildman–Crippen MR) is 125 cm³/mol. The molecule has 0 atom stereocenters. The van der Waals surface area contributed by atoms with Crippen LogP contribution in [0.1, 0.15) is 48.6 Å². The number of amides is 2. The number of carbonyl (C=O) groups is 1. The summed E-state index contributed by atoms with van der Waals surface area (Å²) in [5.74, 6) is 0. The van der Waals surface area contributed by atoms with Crippen molar-refractivity contribution in [2.45, 2.75) is 53.1 Å². The van der Waals surface area contributed by atoms with Crippen LogP contribution in [0.3, 0.4) is 0 Å². The number of unbranched alkanes of at least 4 members (excludes halogenated alkanes) is 2. The van der Waals surface area contributed by atoms with Crippen molar-refractivity contribution in [3.63, 3.8) is 0 Å². The van der Waals surface area contributed by atoms with Gasteiger partial charge in [0, 0.05) is 30.7 Å². The molecule has 0 saturated heterocycles. The normalized spacial score (nSPS) is 10.8. The molecule has 0 aliphatic rings. The van der Waals surface area contributed by atoms with E-state index in [1.54, 1.807) is 0 Å². The Kier molecular flexibility index (Phi) is 7.72. The van der Waals surface area contributed by atoms with Crippen LogP contribution >= 0.6 is 0 Å². The highest BCUT2D eigenvalue weighted by Crippen LogP contribution is 2.16. The van der Waals surface area contributed by atoms with Gasteiger partial charge in [0.05, 0.1) is 6.54 Å². The van der Waals surface area contributed by atoms with Gasteiger partial charge in [0.25, 0.3) is 0 Å². The fourth-order valence-corrected chi connectivity index (χ4v) is 3.56. The Morgan fingerprint density at radius 3 is 2.47 bits per heavy atom. The third kappa shape index (κ3) is 5.99. The number of nitrogens with one attached hydrogen (secondary N) is 1. The molecule has 158 valence electrons. The minimum atomic E-state index is -0.0430. The average molecular weight is 404 g/mol. The fourth-order valence-electron chi connectivity index (χ4n) is 3.56. The number of rotatable bonds is 9. The van der Waals surface area contributed by atoms with Crippen molar-refractivity contribution in [1.82, 2.24) is 9.47 Å². The van der Waals surface area contributed by atoms with Gasteiger partial charge in [-0.2, -0.15) is 0 Å². The number of benzene rings is 2. The second kappa shape index (κ2) is 10.7. The molecule has 0 aliphatic heterocycles. The quantitative estimate of drug-likeness (QED) is 0.414. The van der Waals surface area contributed by atoms with Gasteiger partial charge in [-0.1, -0.05) is 61.7 Å². The van der Waals surface area contributed by atoms with Crippen molar-refractivity contribution in [3.05, 3.63) is 89.2 Å². The van der Waals surface area contributed by atoms with Crippen LogP contribution in [0, 0.1) is 13.8 Å². The summed E-state index contributed by atoms with van der Waals surface area (Å²) in [4.78, 5) is 15.0. The number of carbonyl (C=O) groups excluding carboxylic acids is 1. The predicted octanol–water partition coefficient (Wildman–Crippen LogP) is 6.38. The molecule has 3 rings (SSSR count). The molecule has 2 amide bonds. The first-order valence-corrected chi connectivity index (χ1v) is 10.9. The maximum Gasteiger partial charge on any atom is 0.322 e.